The van der Waals surface area contributed by atoms with Crippen LogP contribution in [0.4, 0.5) is 0 Å². The molecule has 4 nitrogen and oxygen atoms in total. The van der Waals surface area contributed by atoms with Crippen LogP contribution in [0.3, 0.4) is 0 Å². The summed E-state index contributed by atoms with van der Waals surface area (Å²) < 4.78 is 1.93. The lowest BCUT2D eigenvalue weighted by Gasteiger charge is -1.89. The second-order valence-corrected chi connectivity index (χ2v) is 4.03. The fourth-order valence-corrected chi connectivity index (χ4v) is 2.17. The Balaban J connectivity index is 2.75. The van der Waals surface area contributed by atoms with E-state index in [4.69, 9.17) is 5.21 Å². The predicted octanol–water partition coefficient (Wildman–Crippen LogP) is 1.82. The predicted molar refractivity (Wildman–Crippen MR) is 51.9 cm³/mol. The maximum Gasteiger partial charge on any atom is 0.194 e. The van der Waals surface area contributed by atoms with Crippen LogP contribution in [0.15, 0.2) is 11.4 Å². The van der Waals surface area contributed by atoms with Crippen molar-refractivity contribution in [3.63, 3.8) is 0 Å². The van der Waals surface area contributed by atoms with Crippen LogP contribution in [0, 0.1) is 13.8 Å². The van der Waals surface area contributed by atoms with E-state index in [0.29, 0.717) is 0 Å². The van der Waals surface area contributed by atoms with Gasteiger partial charge in [-0.2, -0.15) is 0 Å². The first-order valence-electron chi connectivity index (χ1n) is 3.85. The second kappa shape index (κ2) is 2.85. The number of hydrogen-bond acceptors (Lipinski definition) is 4. The molecular formula is C8H9N3OS. The molecule has 0 radical (unpaired) electrons. The molecule has 2 aromatic rings. The third-order valence-corrected chi connectivity index (χ3v) is 2.74. The Labute approximate surface area is 79.1 Å². The van der Waals surface area contributed by atoms with Crippen molar-refractivity contribution in [2.24, 2.45) is 5.16 Å². The van der Waals surface area contributed by atoms with E-state index in [9.17, 15) is 0 Å². The fourth-order valence-electron chi connectivity index (χ4n) is 1.29. The minimum atomic E-state index is 0.835. The zero-order valence-corrected chi connectivity index (χ0v) is 8.17. The van der Waals surface area contributed by atoms with Crippen LogP contribution < -0.4 is 0 Å². The highest BCUT2D eigenvalue weighted by Gasteiger charge is 2.08. The van der Waals surface area contributed by atoms with Crippen molar-refractivity contribution in [2.45, 2.75) is 13.8 Å². The van der Waals surface area contributed by atoms with Gasteiger partial charge in [-0.05, 0) is 13.8 Å². The zero-order valence-electron chi connectivity index (χ0n) is 7.35. The molecule has 0 amide bonds. The molecule has 0 spiro atoms. The maximum absolute atomic E-state index is 8.46. The highest BCUT2D eigenvalue weighted by molar-refractivity contribution is 7.17. The normalized spacial score (nSPS) is 11.8. The molecule has 2 aromatic heterocycles. The van der Waals surface area contributed by atoms with Gasteiger partial charge < -0.3 is 5.21 Å². The van der Waals surface area contributed by atoms with Crippen LogP contribution in [0.2, 0.25) is 0 Å². The van der Waals surface area contributed by atoms with E-state index in [0.717, 1.165) is 16.3 Å². The first-order valence-corrected chi connectivity index (χ1v) is 4.66. The summed E-state index contributed by atoms with van der Waals surface area (Å²) in [5, 5.41) is 11.5. The van der Waals surface area contributed by atoms with Crippen molar-refractivity contribution >= 4 is 22.5 Å². The van der Waals surface area contributed by atoms with E-state index in [-0.39, 0.29) is 0 Å². The number of aromatic nitrogens is 2. The fraction of sp³-hybridized carbons (Fsp3) is 0.250. The molecule has 0 aromatic carbocycles. The van der Waals surface area contributed by atoms with Crippen LogP contribution in [0.25, 0.3) is 4.96 Å². The largest absolute Gasteiger partial charge is 0.411 e. The van der Waals surface area contributed by atoms with Crippen LogP contribution in [0.1, 0.15) is 16.3 Å². The number of imidazole rings is 1. The summed E-state index contributed by atoms with van der Waals surface area (Å²) in [6.07, 6.45) is 3.39. The Bertz CT molecular complexity index is 469. The molecule has 0 fully saturated rings. The Morgan fingerprint density at radius 2 is 2.38 bits per heavy atom. The van der Waals surface area contributed by atoms with E-state index < -0.39 is 0 Å². The van der Waals surface area contributed by atoms with Crippen LogP contribution in [-0.2, 0) is 0 Å². The van der Waals surface area contributed by atoms with Crippen LogP contribution in [-0.4, -0.2) is 20.8 Å². The highest BCUT2D eigenvalue weighted by atomic mass is 32.1. The third kappa shape index (κ3) is 1.21. The molecule has 0 atom stereocenters. The van der Waals surface area contributed by atoms with Crippen LogP contribution in [0.5, 0.6) is 0 Å². The zero-order chi connectivity index (χ0) is 9.42. The number of rotatable bonds is 1. The van der Waals surface area contributed by atoms with E-state index in [1.54, 1.807) is 11.3 Å². The summed E-state index contributed by atoms with van der Waals surface area (Å²) in [6, 6.07) is 0. The quantitative estimate of drug-likeness (QED) is 0.428. The minimum absolute atomic E-state index is 0.835. The van der Waals surface area contributed by atoms with Crippen molar-refractivity contribution in [2.75, 3.05) is 0 Å². The molecule has 0 unspecified atom stereocenters. The van der Waals surface area contributed by atoms with Gasteiger partial charge in [0.05, 0.1) is 17.6 Å². The van der Waals surface area contributed by atoms with E-state index >= 15 is 0 Å². The van der Waals surface area contributed by atoms with Gasteiger partial charge in [0.1, 0.15) is 0 Å². The number of nitrogens with zero attached hydrogens (tertiary/aromatic N) is 3. The van der Waals surface area contributed by atoms with E-state index in [1.165, 1.54) is 11.1 Å². The van der Waals surface area contributed by atoms with Gasteiger partial charge in [-0.1, -0.05) is 5.16 Å². The van der Waals surface area contributed by atoms with Gasteiger partial charge in [-0.25, -0.2) is 4.98 Å². The molecule has 1 N–H and O–H groups in total. The van der Waals surface area contributed by atoms with E-state index in [1.807, 2.05) is 24.4 Å². The van der Waals surface area contributed by atoms with Gasteiger partial charge >= 0.3 is 0 Å². The Morgan fingerprint density at radius 3 is 3.08 bits per heavy atom. The van der Waals surface area contributed by atoms with Gasteiger partial charge in [0, 0.05) is 11.1 Å². The molecule has 0 aliphatic heterocycles. The summed E-state index contributed by atoms with van der Waals surface area (Å²) in [6.45, 7) is 3.92. The van der Waals surface area contributed by atoms with Crippen molar-refractivity contribution < 1.29 is 5.21 Å². The third-order valence-electron chi connectivity index (χ3n) is 1.84. The first kappa shape index (κ1) is 8.25. The lowest BCUT2D eigenvalue weighted by Crippen LogP contribution is -1.89. The molecule has 2 heterocycles. The van der Waals surface area contributed by atoms with Crippen molar-refractivity contribution in [1.29, 1.82) is 0 Å². The standard InChI is InChI=1S/C8H9N3OS/c1-5-4-11-7(3-9-12)6(2)10-8(11)13-5/h3-4,12H,1-2H3/b9-3-. The summed E-state index contributed by atoms with van der Waals surface area (Å²) >= 11 is 1.62. The van der Waals surface area contributed by atoms with Gasteiger partial charge in [-0.3, -0.25) is 4.40 Å². The number of aryl methyl sites for hydroxylation is 2. The first-order chi connectivity index (χ1) is 6.22. The molecule has 5 heteroatoms. The van der Waals surface area contributed by atoms with E-state index in [2.05, 4.69) is 10.1 Å². The summed E-state index contributed by atoms with van der Waals surface area (Å²) in [5.41, 5.74) is 1.71. The lowest BCUT2D eigenvalue weighted by molar-refractivity contribution is 0.321. The number of fused-ring (bicyclic) bond motifs is 1. The lowest BCUT2D eigenvalue weighted by atomic mass is 10.4. The molecule has 0 aliphatic carbocycles. The molecule has 0 saturated heterocycles. The van der Waals surface area contributed by atoms with Crippen molar-refractivity contribution in [3.05, 3.63) is 22.5 Å². The summed E-state index contributed by atoms with van der Waals surface area (Å²) in [5.74, 6) is 0. The maximum atomic E-state index is 8.46. The van der Waals surface area contributed by atoms with Crippen molar-refractivity contribution in [3.8, 4) is 0 Å². The van der Waals surface area contributed by atoms with Gasteiger partial charge in [-0.15, -0.1) is 11.3 Å². The topological polar surface area (TPSA) is 49.9 Å². The Morgan fingerprint density at radius 1 is 1.62 bits per heavy atom. The SMILES string of the molecule is Cc1cn2c(/C=N\O)c(C)nc2s1. The molecule has 2 rings (SSSR count). The smallest absolute Gasteiger partial charge is 0.194 e. The molecule has 0 bridgehead atoms. The number of hydrogen-bond donors (Lipinski definition) is 1. The number of thiazole rings is 1. The minimum Gasteiger partial charge on any atom is -0.411 e. The highest BCUT2D eigenvalue weighted by Crippen LogP contribution is 2.19. The average Bonchev–Trinajstić information content (AvgIpc) is 2.52. The van der Waals surface area contributed by atoms with Crippen molar-refractivity contribution in [1.82, 2.24) is 9.38 Å². The monoisotopic (exact) mass is 195 g/mol. The molecular weight excluding hydrogens is 186 g/mol. The van der Waals surface area contributed by atoms with Gasteiger partial charge in [0.15, 0.2) is 4.96 Å². The Hall–Kier alpha value is -1.36. The molecule has 13 heavy (non-hydrogen) atoms. The number of oxime groups is 1. The molecule has 0 saturated carbocycles. The van der Waals surface area contributed by atoms with Crippen LogP contribution >= 0.6 is 11.3 Å². The van der Waals surface area contributed by atoms with Gasteiger partial charge in [0.25, 0.3) is 0 Å². The Kier molecular flexibility index (Phi) is 1.81. The molecule has 68 valence electrons. The molecule has 0 aliphatic rings. The summed E-state index contributed by atoms with van der Waals surface area (Å²) in [4.78, 5) is 6.46. The summed E-state index contributed by atoms with van der Waals surface area (Å²) in [7, 11) is 0. The van der Waals surface area contributed by atoms with Gasteiger partial charge in [0.2, 0.25) is 0 Å². The average molecular weight is 195 g/mol. The second-order valence-electron chi connectivity index (χ2n) is 2.82.